The third-order valence-corrected chi connectivity index (χ3v) is 3.15. The van der Waals surface area contributed by atoms with Crippen LogP contribution in [0.1, 0.15) is 22.7 Å². The number of benzene rings is 2. The van der Waals surface area contributed by atoms with Crippen molar-refractivity contribution in [3.8, 4) is 0 Å². The first-order valence-corrected chi connectivity index (χ1v) is 6.22. The van der Waals surface area contributed by atoms with E-state index in [1.165, 1.54) is 18.2 Å². The number of nitrogens with two attached hydrogens (primary N) is 1. The van der Waals surface area contributed by atoms with Gasteiger partial charge in [0.05, 0.1) is 4.92 Å². The van der Waals surface area contributed by atoms with Crippen LogP contribution in [-0.4, -0.2) is 4.92 Å². The van der Waals surface area contributed by atoms with Crippen LogP contribution >= 0.6 is 0 Å². The lowest BCUT2D eigenvalue weighted by Crippen LogP contribution is -2.15. The maximum Gasteiger partial charge on any atom is 0.269 e. The number of hydrogen-bond donors (Lipinski definition) is 1. The topological polar surface area (TPSA) is 69.2 Å². The highest BCUT2D eigenvalue weighted by Gasteiger charge is 2.13. The van der Waals surface area contributed by atoms with Gasteiger partial charge in [-0.15, -0.1) is 0 Å². The fourth-order valence-corrected chi connectivity index (χ4v) is 2.06. The van der Waals surface area contributed by atoms with E-state index >= 15 is 0 Å². The number of non-ortho nitro benzene ring substituents is 1. The number of hydrogen-bond acceptors (Lipinski definition) is 3. The second-order valence-corrected chi connectivity index (χ2v) is 4.76. The zero-order valence-corrected chi connectivity index (χ0v) is 11.0. The number of halogens is 1. The maximum atomic E-state index is 13.7. The van der Waals surface area contributed by atoms with Gasteiger partial charge >= 0.3 is 0 Å². The quantitative estimate of drug-likeness (QED) is 0.687. The molecule has 0 spiro atoms. The number of rotatable bonds is 4. The lowest BCUT2D eigenvalue weighted by atomic mass is 9.98. The molecule has 2 N–H and O–H groups in total. The second-order valence-electron chi connectivity index (χ2n) is 4.76. The van der Waals surface area contributed by atoms with Gasteiger partial charge < -0.3 is 5.73 Å². The van der Waals surface area contributed by atoms with Crippen LogP contribution in [0.5, 0.6) is 0 Å². The van der Waals surface area contributed by atoms with Crippen molar-refractivity contribution in [2.45, 2.75) is 19.4 Å². The Morgan fingerprint density at radius 3 is 2.50 bits per heavy atom. The summed E-state index contributed by atoms with van der Waals surface area (Å²) in [6.07, 6.45) is 0.429. The zero-order valence-electron chi connectivity index (χ0n) is 11.0. The molecule has 104 valence electrons. The van der Waals surface area contributed by atoms with Crippen LogP contribution in [0.3, 0.4) is 0 Å². The van der Waals surface area contributed by atoms with Crippen molar-refractivity contribution in [3.05, 3.63) is 75.1 Å². The van der Waals surface area contributed by atoms with Crippen LogP contribution in [0.4, 0.5) is 10.1 Å². The Kier molecular flexibility index (Phi) is 4.10. The molecule has 0 saturated carbocycles. The summed E-state index contributed by atoms with van der Waals surface area (Å²) in [5.41, 5.74) is 8.30. The molecule has 20 heavy (non-hydrogen) atoms. The molecule has 2 rings (SSSR count). The molecule has 1 atom stereocenters. The summed E-state index contributed by atoms with van der Waals surface area (Å²) in [4.78, 5) is 10.1. The summed E-state index contributed by atoms with van der Waals surface area (Å²) in [5.74, 6) is -0.329. The van der Waals surface area contributed by atoms with Gasteiger partial charge in [-0.1, -0.05) is 29.8 Å². The zero-order chi connectivity index (χ0) is 14.7. The van der Waals surface area contributed by atoms with E-state index in [-0.39, 0.29) is 11.5 Å². The van der Waals surface area contributed by atoms with Gasteiger partial charge in [0.25, 0.3) is 5.69 Å². The lowest BCUT2D eigenvalue weighted by Gasteiger charge is -2.13. The number of aryl methyl sites for hydroxylation is 1. The van der Waals surface area contributed by atoms with Gasteiger partial charge in [-0.2, -0.15) is 0 Å². The van der Waals surface area contributed by atoms with Crippen molar-refractivity contribution in [1.29, 1.82) is 0 Å². The monoisotopic (exact) mass is 274 g/mol. The van der Waals surface area contributed by atoms with Crippen molar-refractivity contribution in [2.75, 3.05) is 0 Å². The molecule has 0 radical (unpaired) electrons. The van der Waals surface area contributed by atoms with E-state index in [9.17, 15) is 14.5 Å². The average Bonchev–Trinajstić information content (AvgIpc) is 2.42. The minimum absolute atomic E-state index is 0.0315. The largest absolute Gasteiger partial charge is 0.324 e. The Balaban J connectivity index is 2.16. The minimum Gasteiger partial charge on any atom is -0.324 e. The predicted molar refractivity (Wildman–Crippen MR) is 74.9 cm³/mol. The molecule has 0 aliphatic heterocycles. The molecule has 2 aromatic carbocycles. The highest BCUT2D eigenvalue weighted by Crippen LogP contribution is 2.21. The third-order valence-electron chi connectivity index (χ3n) is 3.15. The van der Waals surface area contributed by atoms with Crippen LogP contribution in [0.2, 0.25) is 0 Å². The molecule has 1 unspecified atom stereocenters. The third kappa shape index (κ3) is 3.19. The smallest absolute Gasteiger partial charge is 0.269 e. The van der Waals surface area contributed by atoms with Crippen LogP contribution in [0.15, 0.2) is 42.5 Å². The standard InChI is InChI=1S/C15H15FN2O2/c1-10-2-7-14(16)13(8-10)15(17)9-11-3-5-12(6-4-11)18(19)20/h2-8,15H,9,17H2,1H3. The molecular weight excluding hydrogens is 259 g/mol. The van der Waals surface area contributed by atoms with Crippen LogP contribution in [-0.2, 0) is 6.42 Å². The van der Waals surface area contributed by atoms with Crippen LogP contribution in [0, 0.1) is 22.9 Å². The van der Waals surface area contributed by atoms with Crippen LogP contribution < -0.4 is 5.73 Å². The summed E-state index contributed by atoms with van der Waals surface area (Å²) < 4.78 is 13.7. The van der Waals surface area contributed by atoms with Gasteiger partial charge in [0.1, 0.15) is 5.82 Å². The minimum atomic E-state index is -0.476. The van der Waals surface area contributed by atoms with Gasteiger partial charge in [0, 0.05) is 23.7 Å². The van der Waals surface area contributed by atoms with E-state index < -0.39 is 11.0 Å². The van der Waals surface area contributed by atoms with E-state index in [4.69, 9.17) is 5.73 Å². The molecule has 4 nitrogen and oxygen atoms in total. The molecular formula is C15H15FN2O2. The average molecular weight is 274 g/mol. The van der Waals surface area contributed by atoms with E-state index in [1.54, 1.807) is 24.3 Å². The Morgan fingerprint density at radius 2 is 1.90 bits per heavy atom. The predicted octanol–water partition coefficient (Wildman–Crippen LogP) is 3.28. The fourth-order valence-electron chi connectivity index (χ4n) is 2.06. The van der Waals surface area contributed by atoms with Crippen molar-refractivity contribution < 1.29 is 9.31 Å². The van der Waals surface area contributed by atoms with E-state index in [1.807, 2.05) is 6.92 Å². The summed E-state index contributed by atoms with van der Waals surface area (Å²) in [6, 6.07) is 10.5. The SMILES string of the molecule is Cc1ccc(F)c(C(N)Cc2ccc([N+](=O)[O-])cc2)c1. The molecule has 0 heterocycles. The number of nitrogens with zero attached hydrogens (tertiary/aromatic N) is 1. The molecule has 0 aromatic heterocycles. The van der Waals surface area contributed by atoms with Gasteiger partial charge in [0.2, 0.25) is 0 Å². The lowest BCUT2D eigenvalue weighted by molar-refractivity contribution is -0.384. The van der Waals surface area contributed by atoms with Gasteiger partial charge in [0.15, 0.2) is 0 Å². The van der Waals surface area contributed by atoms with Crippen molar-refractivity contribution in [2.24, 2.45) is 5.73 Å². The summed E-state index contributed by atoms with van der Waals surface area (Å²) in [7, 11) is 0. The second kappa shape index (κ2) is 5.79. The molecule has 0 fully saturated rings. The molecule has 5 heteroatoms. The molecule has 0 amide bonds. The van der Waals surface area contributed by atoms with E-state index in [2.05, 4.69) is 0 Å². The van der Waals surface area contributed by atoms with E-state index in [0.717, 1.165) is 11.1 Å². The molecule has 0 aliphatic rings. The Hall–Kier alpha value is -2.27. The van der Waals surface area contributed by atoms with Gasteiger partial charge in [-0.25, -0.2) is 4.39 Å². The number of nitro benzene ring substituents is 1. The Labute approximate surface area is 116 Å². The molecule has 0 aliphatic carbocycles. The molecule has 0 bridgehead atoms. The highest BCUT2D eigenvalue weighted by atomic mass is 19.1. The highest BCUT2D eigenvalue weighted by molar-refractivity contribution is 5.34. The summed E-state index contributed by atoms with van der Waals surface area (Å²) in [5, 5.41) is 10.6. The molecule has 0 saturated heterocycles. The van der Waals surface area contributed by atoms with Crippen molar-refractivity contribution in [1.82, 2.24) is 0 Å². The summed E-state index contributed by atoms with van der Waals surface area (Å²) in [6.45, 7) is 1.88. The van der Waals surface area contributed by atoms with Crippen molar-refractivity contribution in [3.63, 3.8) is 0 Å². The number of nitro groups is 1. The Bertz CT molecular complexity index is 626. The summed E-state index contributed by atoms with van der Waals surface area (Å²) >= 11 is 0. The normalized spacial score (nSPS) is 12.2. The van der Waals surface area contributed by atoms with Gasteiger partial charge in [-0.05, 0) is 25.0 Å². The van der Waals surface area contributed by atoms with E-state index in [0.29, 0.717) is 12.0 Å². The Morgan fingerprint density at radius 1 is 1.25 bits per heavy atom. The first kappa shape index (κ1) is 14.1. The fraction of sp³-hybridized carbons (Fsp3) is 0.200. The van der Waals surface area contributed by atoms with Gasteiger partial charge in [-0.3, -0.25) is 10.1 Å². The van der Waals surface area contributed by atoms with Crippen molar-refractivity contribution >= 4 is 5.69 Å². The maximum absolute atomic E-state index is 13.7. The van der Waals surface area contributed by atoms with Crippen LogP contribution in [0.25, 0.3) is 0 Å². The first-order valence-electron chi connectivity index (χ1n) is 6.22. The molecule has 2 aromatic rings. The first-order chi connectivity index (χ1) is 9.47.